The Hall–Kier alpha value is -3.02. The van der Waals surface area contributed by atoms with Gasteiger partial charge in [-0.2, -0.15) is 0 Å². The van der Waals surface area contributed by atoms with Gasteiger partial charge in [-0.3, -0.25) is 9.59 Å². The molecule has 1 saturated heterocycles. The second kappa shape index (κ2) is 8.15. The molecule has 2 heterocycles. The van der Waals surface area contributed by atoms with Gasteiger partial charge in [0.2, 0.25) is 11.8 Å². The molecule has 0 unspecified atom stereocenters. The largest absolute Gasteiger partial charge is 0.490 e. The second-order valence-corrected chi connectivity index (χ2v) is 7.86. The molecule has 0 saturated carbocycles. The molecule has 0 bridgehead atoms. The Morgan fingerprint density at radius 2 is 1.90 bits per heavy atom. The maximum Gasteiger partial charge on any atom is 0.229 e. The molecule has 1 fully saturated rings. The average molecular weight is 394 g/mol. The first kappa shape index (κ1) is 19.3. The molecule has 1 atom stereocenters. The first-order valence-electron chi connectivity index (χ1n) is 10.1. The monoisotopic (exact) mass is 394 g/mol. The fourth-order valence-electron chi connectivity index (χ4n) is 3.67. The highest BCUT2D eigenvalue weighted by atomic mass is 16.5. The molecule has 2 amide bonds. The maximum atomic E-state index is 12.8. The van der Waals surface area contributed by atoms with E-state index in [1.54, 1.807) is 23.1 Å². The minimum Gasteiger partial charge on any atom is -0.490 e. The van der Waals surface area contributed by atoms with E-state index in [9.17, 15) is 9.59 Å². The second-order valence-electron chi connectivity index (χ2n) is 7.86. The Morgan fingerprint density at radius 1 is 1.10 bits per heavy atom. The summed E-state index contributed by atoms with van der Waals surface area (Å²) in [6.45, 7) is 5.84. The fraction of sp³-hybridized carbons (Fsp3) is 0.391. The number of fused-ring (bicyclic) bond motifs is 1. The van der Waals surface area contributed by atoms with Gasteiger partial charge in [0.05, 0.1) is 19.1 Å². The van der Waals surface area contributed by atoms with Crippen LogP contribution in [0.1, 0.15) is 38.2 Å². The van der Waals surface area contributed by atoms with Crippen LogP contribution in [-0.4, -0.2) is 31.6 Å². The van der Waals surface area contributed by atoms with Crippen LogP contribution >= 0.6 is 0 Å². The molecule has 0 radical (unpaired) electrons. The van der Waals surface area contributed by atoms with E-state index in [0.29, 0.717) is 42.9 Å². The molecule has 29 heavy (non-hydrogen) atoms. The van der Waals surface area contributed by atoms with E-state index >= 15 is 0 Å². The Labute approximate surface area is 170 Å². The van der Waals surface area contributed by atoms with E-state index in [4.69, 9.17) is 9.47 Å². The van der Waals surface area contributed by atoms with Crippen LogP contribution in [0.15, 0.2) is 42.5 Å². The highest BCUT2D eigenvalue weighted by Gasteiger charge is 2.35. The van der Waals surface area contributed by atoms with Gasteiger partial charge >= 0.3 is 0 Å². The molecule has 2 aromatic rings. The first-order valence-corrected chi connectivity index (χ1v) is 10.1. The summed E-state index contributed by atoms with van der Waals surface area (Å²) in [4.78, 5) is 27.1. The number of hydrogen-bond donors (Lipinski definition) is 1. The highest BCUT2D eigenvalue weighted by molar-refractivity contribution is 6.03. The van der Waals surface area contributed by atoms with Gasteiger partial charge in [0.15, 0.2) is 11.5 Å². The SMILES string of the molecule is CC(C)c1cccc(N2C[C@@H](C(=O)Nc3ccc4c(c3)OCCCO4)CC2=O)c1. The van der Waals surface area contributed by atoms with Crippen LogP contribution < -0.4 is 19.7 Å². The summed E-state index contributed by atoms with van der Waals surface area (Å²) in [6.07, 6.45) is 1.04. The fourth-order valence-corrected chi connectivity index (χ4v) is 3.67. The van der Waals surface area contributed by atoms with Crippen molar-refractivity contribution in [2.24, 2.45) is 5.92 Å². The molecule has 6 nitrogen and oxygen atoms in total. The summed E-state index contributed by atoms with van der Waals surface area (Å²) in [5.74, 6) is 1.13. The summed E-state index contributed by atoms with van der Waals surface area (Å²) in [6, 6.07) is 13.4. The van der Waals surface area contributed by atoms with E-state index < -0.39 is 0 Å². The zero-order valence-electron chi connectivity index (χ0n) is 16.8. The van der Waals surface area contributed by atoms with E-state index in [0.717, 1.165) is 12.1 Å². The van der Waals surface area contributed by atoms with E-state index in [-0.39, 0.29) is 24.2 Å². The Kier molecular flexibility index (Phi) is 5.43. The predicted octanol–water partition coefficient (Wildman–Crippen LogP) is 3.96. The number of carbonyl (C=O) groups is 2. The number of nitrogens with zero attached hydrogens (tertiary/aromatic N) is 1. The number of carbonyl (C=O) groups excluding carboxylic acids is 2. The molecule has 0 aromatic heterocycles. The summed E-state index contributed by atoms with van der Waals surface area (Å²) in [5, 5.41) is 2.92. The van der Waals surface area contributed by atoms with Gasteiger partial charge in [0.25, 0.3) is 0 Å². The minimum atomic E-state index is -0.388. The van der Waals surface area contributed by atoms with Crippen LogP contribution in [0.4, 0.5) is 11.4 Å². The van der Waals surface area contributed by atoms with Crippen molar-refractivity contribution in [1.29, 1.82) is 0 Å². The van der Waals surface area contributed by atoms with E-state index in [2.05, 4.69) is 25.2 Å². The van der Waals surface area contributed by atoms with Crippen LogP contribution in [0.25, 0.3) is 0 Å². The summed E-state index contributed by atoms with van der Waals surface area (Å²) in [5.41, 5.74) is 2.68. The number of anilines is 2. The molecule has 1 N–H and O–H groups in total. The smallest absolute Gasteiger partial charge is 0.229 e. The van der Waals surface area contributed by atoms with Crippen LogP contribution in [0.3, 0.4) is 0 Å². The van der Waals surface area contributed by atoms with Crippen molar-refractivity contribution in [2.75, 3.05) is 30.0 Å². The van der Waals surface area contributed by atoms with Gasteiger partial charge in [-0.25, -0.2) is 0 Å². The lowest BCUT2D eigenvalue weighted by atomic mass is 10.0. The van der Waals surface area contributed by atoms with Gasteiger partial charge in [-0.05, 0) is 35.7 Å². The lowest BCUT2D eigenvalue weighted by Gasteiger charge is -2.18. The van der Waals surface area contributed by atoms with Crippen molar-refractivity contribution in [3.8, 4) is 11.5 Å². The lowest BCUT2D eigenvalue weighted by Crippen LogP contribution is -2.28. The predicted molar refractivity (Wildman–Crippen MR) is 112 cm³/mol. The minimum absolute atomic E-state index is 0.0234. The van der Waals surface area contributed by atoms with Crippen molar-refractivity contribution in [3.05, 3.63) is 48.0 Å². The van der Waals surface area contributed by atoms with Crippen LogP contribution in [0.2, 0.25) is 0 Å². The molecule has 0 aliphatic carbocycles. The Bertz CT molecular complexity index is 925. The van der Waals surface area contributed by atoms with Gasteiger partial charge in [-0.15, -0.1) is 0 Å². The average Bonchev–Trinajstić information content (AvgIpc) is 2.95. The molecular weight excluding hydrogens is 368 g/mol. The van der Waals surface area contributed by atoms with Gasteiger partial charge < -0.3 is 19.7 Å². The standard InChI is InChI=1S/C23H26N2O4/c1-15(2)16-5-3-6-19(11-16)25-14-17(12-22(25)26)23(27)24-18-7-8-20-21(13-18)29-10-4-9-28-20/h3,5-8,11,13,15,17H,4,9-10,12,14H2,1-2H3,(H,24,27)/t17-/m0/s1. The Morgan fingerprint density at radius 3 is 2.69 bits per heavy atom. The number of benzene rings is 2. The van der Waals surface area contributed by atoms with Gasteiger partial charge in [0, 0.05) is 36.8 Å². The van der Waals surface area contributed by atoms with E-state index in [1.807, 2.05) is 18.2 Å². The third-order valence-corrected chi connectivity index (χ3v) is 5.36. The lowest BCUT2D eigenvalue weighted by molar-refractivity contribution is -0.122. The third kappa shape index (κ3) is 4.21. The van der Waals surface area contributed by atoms with Crippen molar-refractivity contribution in [1.82, 2.24) is 0 Å². The molecule has 0 spiro atoms. The summed E-state index contributed by atoms with van der Waals surface area (Å²) in [7, 11) is 0. The van der Waals surface area contributed by atoms with Crippen molar-refractivity contribution in [3.63, 3.8) is 0 Å². The zero-order chi connectivity index (χ0) is 20.4. The Balaban J connectivity index is 1.44. The summed E-state index contributed by atoms with van der Waals surface area (Å²) >= 11 is 0. The van der Waals surface area contributed by atoms with Crippen LogP contribution in [-0.2, 0) is 9.59 Å². The number of hydrogen-bond acceptors (Lipinski definition) is 4. The molecular formula is C23H26N2O4. The van der Waals surface area contributed by atoms with Gasteiger partial charge in [-0.1, -0.05) is 26.0 Å². The summed E-state index contributed by atoms with van der Waals surface area (Å²) < 4.78 is 11.3. The molecule has 152 valence electrons. The molecule has 4 rings (SSSR count). The topological polar surface area (TPSA) is 67.9 Å². The van der Waals surface area contributed by atoms with Crippen molar-refractivity contribution >= 4 is 23.2 Å². The molecule has 6 heteroatoms. The van der Waals surface area contributed by atoms with Crippen molar-refractivity contribution < 1.29 is 19.1 Å². The van der Waals surface area contributed by atoms with E-state index in [1.165, 1.54) is 5.56 Å². The highest BCUT2D eigenvalue weighted by Crippen LogP contribution is 2.33. The maximum absolute atomic E-state index is 12.8. The van der Waals surface area contributed by atoms with Gasteiger partial charge in [0.1, 0.15) is 0 Å². The van der Waals surface area contributed by atoms with Crippen LogP contribution in [0, 0.1) is 5.92 Å². The normalized spacial score (nSPS) is 18.7. The van der Waals surface area contributed by atoms with Crippen LogP contribution in [0.5, 0.6) is 11.5 Å². The third-order valence-electron chi connectivity index (χ3n) is 5.36. The number of amides is 2. The quantitative estimate of drug-likeness (QED) is 0.852. The number of rotatable bonds is 4. The molecule has 2 aliphatic rings. The molecule has 2 aromatic carbocycles. The molecule has 2 aliphatic heterocycles. The van der Waals surface area contributed by atoms with Crippen molar-refractivity contribution in [2.45, 2.75) is 32.6 Å². The number of nitrogens with one attached hydrogen (secondary N) is 1. The number of ether oxygens (including phenoxy) is 2. The zero-order valence-corrected chi connectivity index (χ0v) is 16.8. The first-order chi connectivity index (χ1) is 14.0.